The third-order valence-corrected chi connectivity index (χ3v) is 4.61. The number of aliphatic carboxylic acids is 1. The fourth-order valence-electron chi connectivity index (χ4n) is 2.73. The summed E-state index contributed by atoms with van der Waals surface area (Å²) < 4.78 is 12.2. The van der Waals surface area contributed by atoms with Crippen molar-refractivity contribution in [3.05, 3.63) is 34.3 Å². The first-order valence-electron chi connectivity index (χ1n) is 8.11. The lowest BCUT2D eigenvalue weighted by atomic mass is 9.98. The average molecular weight is 414 g/mol. The predicted octanol–water partition coefficient (Wildman–Crippen LogP) is 3.82. The van der Waals surface area contributed by atoms with Crippen molar-refractivity contribution in [2.75, 3.05) is 6.54 Å². The van der Waals surface area contributed by atoms with E-state index in [0.717, 1.165) is 10.0 Å². The summed E-state index contributed by atoms with van der Waals surface area (Å²) in [5.41, 5.74) is -1.05. The number of likely N-dealkylation sites (tertiary alicyclic amines) is 1. The molecule has 0 aromatic heterocycles. The second-order valence-electron chi connectivity index (χ2n) is 7.43. The molecule has 1 fully saturated rings. The number of benzene rings is 1. The van der Waals surface area contributed by atoms with Crippen molar-refractivity contribution in [3.8, 4) is 0 Å². The Morgan fingerprint density at radius 2 is 1.92 bits per heavy atom. The zero-order valence-electron chi connectivity index (χ0n) is 14.9. The van der Waals surface area contributed by atoms with Crippen LogP contribution >= 0.6 is 15.9 Å². The van der Waals surface area contributed by atoms with Gasteiger partial charge in [-0.1, -0.05) is 28.1 Å². The number of ether oxygens (including phenoxy) is 2. The van der Waals surface area contributed by atoms with Crippen LogP contribution in [-0.2, 0) is 20.9 Å². The van der Waals surface area contributed by atoms with Crippen LogP contribution in [0.5, 0.6) is 0 Å². The highest BCUT2D eigenvalue weighted by Crippen LogP contribution is 2.33. The van der Waals surface area contributed by atoms with Gasteiger partial charge in [0.15, 0.2) is 0 Å². The van der Waals surface area contributed by atoms with Crippen molar-refractivity contribution in [2.24, 2.45) is 0 Å². The van der Waals surface area contributed by atoms with E-state index in [9.17, 15) is 14.7 Å². The van der Waals surface area contributed by atoms with Gasteiger partial charge in [0.2, 0.25) is 0 Å². The second kappa shape index (κ2) is 7.33. The van der Waals surface area contributed by atoms with Crippen LogP contribution < -0.4 is 0 Å². The number of halogens is 1. The first kappa shape index (κ1) is 19.7. The van der Waals surface area contributed by atoms with E-state index in [0.29, 0.717) is 6.61 Å². The summed E-state index contributed by atoms with van der Waals surface area (Å²) in [6.07, 6.45) is -0.776. The summed E-state index contributed by atoms with van der Waals surface area (Å²) in [7, 11) is 0. The Balaban J connectivity index is 2.06. The monoisotopic (exact) mass is 413 g/mol. The Morgan fingerprint density at radius 1 is 1.32 bits per heavy atom. The lowest BCUT2D eigenvalue weighted by molar-refractivity contribution is -0.148. The van der Waals surface area contributed by atoms with Crippen LogP contribution in [-0.4, -0.2) is 45.9 Å². The van der Waals surface area contributed by atoms with Gasteiger partial charge in [-0.25, -0.2) is 9.59 Å². The van der Waals surface area contributed by atoms with Crippen molar-refractivity contribution in [3.63, 3.8) is 0 Å². The lowest BCUT2D eigenvalue weighted by Crippen LogP contribution is -2.52. The molecule has 1 N–H and O–H groups in total. The van der Waals surface area contributed by atoms with Crippen LogP contribution in [0.4, 0.5) is 4.79 Å². The number of nitrogens with zero attached hydrogens (tertiary/aromatic N) is 1. The summed E-state index contributed by atoms with van der Waals surface area (Å²) in [4.78, 5) is 25.4. The second-order valence-corrected chi connectivity index (χ2v) is 8.35. The Kier molecular flexibility index (Phi) is 5.79. The first-order chi connectivity index (χ1) is 11.5. The molecule has 6 nitrogen and oxygen atoms in total. The van der Waals surface area contributed by atoms with Crippen molar-refractivity contribution >= 4 is 28.0 Å². The van der Waals surface area contributed by atoms with E-state index < -0.39 is 23.2 Å². The van der Waals surface area contributed by atoms with Gasteiger partial charge < -0.3 is 14.6 Å². The third-order valence-electron chi connectivity index (χ3n) is 4.08. The van der Waals surface area contributed by atoms with Crippen molar-refractivity contribution in [1.29, 1.82) is 0 Å². The van der Waals surface area contributed by atoms with Gasteiger partial charge in [0.1, 0.15) is 11.1 Å². The van der Waals surface area contributed by atoms with Gasteiger partial charge >= 0.3 is 12.1 Å². The Labute approximate surface area is 156 Å². The molecule has 1 aliphatic heterocycles. The minimum Gasteiger partial charge on any atom is -0.480 e. The van der Waals surface area contributed by atoms with Crippen LogP contribution in [0.25, 0.3) is 0 Å². The summed E-state index contributed by atoms with van der Waals surface area (Å²) in [5, 5.41) is 9.61. The van der Waals surface area contributed by atoms with Crippen LogP contribution in [0.2, 0.25) is 0 Å². The molecule has 1 aliphatic rings. The summed E-state index contributed by atoms with van der Waals surface area (Å²) in [6, 6.07) is 7.70. The maximum atomic E-state index is 12.4. The molecular formula is C18H24BrNO5. The SMILES string of the molecule is CC(C)(C)OC(=O)N1C[C@H](OCc2ccc(Br)cc2)C[C@@]1(C)C(=O)O. The van der Waals surface area contributed by atoms with Gasteiger partial charge in [-0.3, -0.25) is 4.90 Å². The Bertz CT molecular complexity index is 640. The smallest absolute Gasteiger partial charge is 0.411 e. The molecule has 1 saturated heterocycles. The van der Waals surface area contributed by atoms with E-state index in [1.807, 2.05) is 24.3 Å². The molecule has 2 rings (SSSR count). The fourth-order valence-corrected chi connectivity index (χ4v) is 2.99. The molecule has 1 aromatic carbocycles. The molecule has 1 amide bonds. The number of rotatable bonds is 4. The molecule has 0 spiro atoms. The quantitative estimate of drug-likeness (QED) is 0.811. The molecule has 138 valence electrons. The minimum atomic E-state index is -1.34. The van der Waals surface area contributed by atoms with Crippen LogP contribution in [0.1, 0.15) is 39.7 Å². The van der Waals surface area contributed by atoms with E-state index >= 15 is 0 Å². The molecule has 0 radical (unpaired) electrons. The summed E-state index contributed by atoms with van der Waals surface area (Å²) in [5.74, 6) is -1.06. The molecule has 0 saturated carbocycles. The molecule has 1 heterocycles. The maximum Gasteiger partial charge on any atom is 0.411 e. The van der Waals surface area contributed by atoms with Gasteiger partial charge in [0, 0.05) is 10.9 Å². The van der Waals surface area contributed by atoms with Gasteiger partial charge in [0.05, 0.1) is 19.3 Å². The standard InChI is InChI=1S/C18H24BrNO5/c1-17(2,3)25-16(23)20-10-14(9-18(20,4)15(21)22)24-11-12-5-7-13(19)8-6-12/h5-8,14H,9-11H2,1-4H3,(H,21,22)/t14-,18+/m1/s1. The highest BCUT2D eigenvalue weighted by atomic mass is 79.9. The van der Waals surface area contributed by atoms with Crippen LogP contribution in [0.15, 0.2) is 28.7 Å². The van der Waals surface area contributed by atoms with Crippen LogP contribution in [0, 0.1) is 0 Å². The minimum absolute atomic E-state index is 0.189. The van der Waals surface area contributed by atoms with E-state index in [1.165, 1.54) is 11.8 Å². The molecule has 0 unspecified atom stereocenters. The fraction of sp³-hybridized carbons (Fsp3) is 0.556. The predicted molar refractivity (Wildman–Crippen MR) is 96.3 cm³/mol. The number of hydrogen-bond donors (Lipinski definition) is 1. The lowest BCUT2D eigenvalue weighted by Gasteiger charge is -2.32. The zero-order chi connectivity index (χ0) is 18.8. The van der Waals surface area contributed by atoms with Crippen molar-refractivity contribution in [2.45, 2.75) is 58.0 Å². The summed E-state index contributed by atoms with van der Waals surface area (Å²) in [6.45, 7) is 7.33. The number of carboxylic acid groups (broad SMARTS) is 1. The highest BCUT2D eigenvalue weighted by Gasteiger charge is 2.51. The van der Waals surface area contributed by atoms with Gasteiger partial charge in [-0.05, 0) is 45.4 Å². The zero-order valence-corrected chi connectivity index (χ0v) is 16.5. The number of carboxylic acids is 1. The third kappa shape index (κ3) is 4.95. The largest absolute Gasteiger partial charge is 0.480 e. The molecule has 2 atom stereocenters. The summed E-state index contributed by atoms with van der Waals surface area (Å²) >= 11 is 3.38. The molecular weight excluding hydrogens is 390 g/mol. The van der Waals surface area contributed by atoms with Crippen molar-refractivity contribution in [1.82, 2.24) is 4.90 Å². The van der Waals surface area contributed by atoms with Gasteiger partial charge in [0.25, 0.3) is 0 Å². The molecule has 25 heavy (non-hydrogen) atoms. The first-order valence-corrected chi connectivity index (χ1v) is 8.90. The van der Waals surface area contributed by atoms with E-state index in [-0.39, 0.29) is 19.1 Å². The molecule has 0 aliphatic carbocycles. The maximum absolute atomic E-state index is 12.4. The Morgan fingerprint density at radius 3 is 2.44 bits per heavy atom. The Hall–Kier alpha value is -1.60. The van der Waals surface area contributed by atoms with Crippen LogP contribution in [0.3, 0.4) is 0 Å². The van der Waals surface area contributed by atoms with E-state index in [4.69, 9.17) is 9.47 Å². The van der Waals surface area contributed by atoms with Gasteiger partial charge in [-0.2, -0.15) is 0 Å². The normalized spacial score (nSPS) is 23.6. The number of amides is 1. The highest BCUT2D eigenvalue weighted by molar-refractivity contribution is 9.10. The van der Waals surface area contributed by atoms with Gasteiger partial charge in [-0.15, -0.1) is 0 Å². The van der Waals surface area contributed by atoms with E-state index in [1.54, 1.807) is 20.8 Å². The average Bonchev–Trinajstić information content (AvgIpc) is 2.84. The molecule has 0 bridgehead atoms. The number of hydrogen-bond acceptors (Lipinski definition) is 4. The number of carbonyl (C=O) groups is 2. The van der Waals surface area contributed by atoms with Crippen molar-refractivity contribution < 1.29 is 24.2 Å². The molecule has 1 aromatic rings. The topological polar surface area (TPSA) is 76.1 Å². The molecule has 7 heteroatoms. The van der Waals surface area contributed by atoms with E-state index in [2.05, 4.69) is 15.9 Å². The number of carbonyl (C=O) groups excluding carboxylic acids is 1.